The summed E-state index contributed by atoms with van der Waals surface area (Å²) in [6.07, 6.45) is 0.331. The predicted molar refractivity (Wildman–Crippen MR) is 90.6 cm³/mol. The van der Waals surface area contributed by atoms with Gasteiger partial charge in [0.15, 0.2) is 0 Å². The zero-order chi connectivity index (χ0) is 18.4. The van der Waals surface area contributed by atoms with Crippen LogP contribution in [0.1, 0.15) is 11.3 Å². The molecule has 0 fully saturated rings. The number of aromatic nitrogens is 2. The first kappa shape index (κ1) is 18.4. The summed E-state index contributed by atoms with van der Waals surface area (Å²) in [4.78, 5) is 24.0. The minimum atomic E-state index is -0.575. The lowest BCUT2D eigenvalue weighted by molar-refractivity contribution is -0.145. The number of halogens is 1. The molecule has 2 N–H and O–H groups in total. The Morgan fingerprint density at radius 3 is 2.56 bits per heavy atom. The van der Waals surface area contributed by atoms with Gasteiger partial charge in [0.2, 0.25) is 0 Å². The summed E-state index contributed by atoms with van der Waals surface area (Å²) in [7, 11) is 3.01. The molecule has 1 aromatic heterocycles. The third-order valence-corrected chi connectivity index (χ3v) is 3.68. The molecule has 0 spiro atoms. The molecular formula is C17H21FN4O3. The Balaban J connectivity index is 1.95. The highest BCUT2D eigenvalue weighted by atomic mass is 19.1. The molecule has 2 amide bonds. The van der Waals surface area contributed by atoms with E-state index in [9.17, 15) is 14.0 Å². The van der Waals surface area contributed by atoms with Gasteiger partial charge in [0.1, 0.15) is 11.6 Å². The van der Waals surface area contributed by atoms with E-state index in [0.29, 0.717) is 12.2 Å². The summed E-state index contributed by atoms with van der Waals surface area (Å²) in [6, 6.07) is 7.14. The number of aryl methyl sites for hydroxylation is 2. The highest BCUT2D eigenvalue weighted by Gasteiger charge is 2.21. The molecule has 1 heterocycles. The standard InChI is InChI=1S/C17H21FN4O3/c1-11-8-15(22(2)21-11)20-17(24)19-10-13(16(23)25-3)9-12-4-6-14(18)7-5-12/h4-8,13H,9-10H2,1-3H3,(H2,19,20,24). The number of esters is 1. The second kappa shape index (κ2) is 8.27. The van der Waals surface area contributed by atoms with Crippen LogP contribution in [0, 0.1) is 18.7 Å². The molecule has 1 atom stereocenters. The first-order chi connectivity index (χ1) is 11.9. The molecule has 0 saturated carbocycles. The Kier molecular flexibility index (Phi) is 6.10. The summed E-state index contributed by atoms with van der Waals surface area (Å²) >= 11 is 0. The molecule has 25 heavy (non-hydrogen) atoms. The van der Waals surface area contributed by atoms with Crippen molar-refractivity contribution >= 4 is 17.8 Å². The maximum atomic E-state index is 13.0. The lowest BCUT2D eigenvalue weighted by Crippen LogP contribution is -2.37. The summed E-state index contributed by atoms with van der Waals surface area (Å²) < 4.78 is 19.3. The predicted octanol–water partition coefficient (Wildman–Crippen LogP) is 2.02. The van der Waals surface area contributed by atoms with Crippen molar-refractivity contribution in [2.24, 2.45) is 13.0 Å². The zero-order valence-electron chi connectivity index (χ0n) is 14.4. The number of amides is 2. The summed E-state index contributed by atoms with van der Waals surface area (Å²) in [5.74, 6) is -0.819. The fourth-order valence-corrected chi connectivity index (χ4v) is 2.41. The Labute approximate surface area is 145 Å². The molecule has 0 saturated heterocycles. The highest BCUT2D eigenvalue weighted by Crippen LogP contribution is 2.12. The van der Waals surface area contributed by atoms with Crippen LogP contribution in [0.4, 0.5) is 15.0 Å². The molecule has 2 rings (SSSR count). The van der Waals surface area contributed by atoms with Crippen molar-refractivity contribution in [3.63, 3.8) is 0 Å². The monoisotopic (exact) mass is 348 g/mol. The first-order valence-corrected chi connectivity index (χ1v) is 7.77. The van der Waals surface area contributed by atoms with Gasteiger partial charge in [0.05, 0.1) is 18.7 Å². The first-order valence-electron chi connectivity index (χ1n) is 7.77. The molecule has 0 bridgehead atoms. The fraction of sp³-hybridized carbons (Fsp3) is 0.353. The van der Waals surface area contributed by atoms with Gasteiger partial charge >= 0.3 is 12.0 Å². The molecule has 0 aliphatic carbocycles. The number of rotatable bonds is 6. The van der Waals surface area contributed by atoms with Gasteiger partial charge in [-0.2, -0.15) is 5.10 Å². The van der Waals surface area contributed by atoms with Crippen LogP contribution in [0.2, 0.25) is 0 Å². The number of carbonyl (C=O) groups excluding carboxylic acids is 2. The summed E-state index contributed by atoms with van der Waals surface area (Å²) in [5.41, 5.74) is 1.56. The van der Waals surface area contributed by atoms with Crippen molar-refractivity contribution in [3.8, 4) is 0 Å². The van der Waals surface area contributed by atoms with E-state index in [2.05, 4.69) is 15.7 Å². The van der Waals surface area contributed by atoms with Crippen LogP contribution < -0.4 is 10.6 Å². The second-order valence-corrected chi connectivity index (χ2v) is 5.68. The molecule has 0 radical (unpaired) electrons. The Bertz CT molecular complexity index is 743. The molecule has 7 nitrogen and oxygen atoms in total. The van der Waals surface area contributed by atoms with Crippen LogP contribution in [-0.4, -0.2) is 35.4 Å². The number of urea groups is 1. The lowest BCUT2D eigenvalue weighted by atomic mass is 9.99. The maximum absolute atomic E-state index is 13.0. The van der Waals surface area contributed by atoms with Crippen LogP contribution in [0.5, 0.6) is 0 Å². The van der Waals surface area contributed by atoms with Crippen molar-refractivity contribution in [3.05, 3.63) is 47.4 Å². The molecule has 8 heteroatoms. The number of benzene rings is 1. The minimum Gasteiger partial charge on any atom is -0.469 e. The van der Waals surface area contributed by atoms with Gasteiger partial charge in [-0.1, -0.05) is 12.1 Å². The van der Waals surface area contributed by atoms with Gasteiger partial charge in [-0.15, -0.1) is 0 Å². The van der Waals surface area contributed by atoms with Crippen molar-refractivity contribution < 1.29 is 18.7 Å². The summed E-state index contributed by atoms with van der Waals surface area (Å²) in [6.45, 7) is 1.91. The van der Waals surface area contributed by atoms with Gasteiger partial charge in [-0.05, 0) is 31.0 Å². The van der Waals surface area contributed by atoms with Crippen molar-refractivity contribution in [1.29, 1.82) is 0 Å². The van der Waals surface area contributed by atoms with Crippen molar-refractivity contribution in [2.75, 3.05) is 19.0 Å². The molecule has 0 aliphatic rings. The zero-order valence-corrected chi connectivity index (χ0v) is 14.4. The summed E-state index contributed by atoms with van der Waals surface area (Å²) in [5, 5.41) is 9.45. The van der Waals surface area contributed by atoms with E-state index in [1.165, 1.54) is 19.2 Å². The van der Waals surface area contributed by atoms with Crippen LogP contribution in [0.3, 0.4) is 0 Å². The second-order valence-electron chi connectivity index (χ2n) is 5.68. The van der Waals surface area contributed by atoms with Gasteiger partial charge < -0.3 is 10.1 Å². The molecule has 0 aliphatic heterocycles. The van der Waals surface area contributed by atoms with Crippen LogP contribution in [0.25, 0.3) is 0 Å². The number of methoxy groups -OCH3 is 1. The van der Waals surface area contributed by atoms with Crippen LogP contribution in [0.15, 0.2) is 30.3 Å². The number of hydrogen-bond donors (Lipinski definition) is 2. The molecule has 1 unspecified atom stereocenters. The van der Waals surface area contributed by atoms with E-state index in [4.69, 9.17) is 4.74 Å². The third kappa shape index (κ3) is 5.30. The number of nitrogens with one attached hydrogen (secondary N) is 2. The maximum Gasteiger partial charge on any atom is 0.320 e. The third-order valence-electron chi connectivity index (χ3n) is 3.68. The molecule has 1 aromatic carbocycles. The van der Waals surface area contributed by atoms with Gasteiger partial charge in [-0.3, -0.25) is 14.8 Å². The van der Waals surface area contributed by atoms with Gasteiger partial charge in [0.25, 0.3) is 0 Å². The average Bonchev–Trinajstić information content (AvgIpc) is 2.89. The highest BCUT2D eigenvalue weighted by molar-refractivity contribution is 5.88. The van der Waals surface area contributed by atoms with E-state index in [-0.39, 0.29) is 12.4 Å². The quantitative estimate of drug-likeness (QED) is 0.782. The molecular weight excluding hydrogens is 327 g/mol. The molecule has 2 aromatic rings. The van der Waals surface area contributed by atoms with E-state index >= 15 is 0 Å². The van der Waals surface area contributed by atoms with Gasteiger partial charge in [0, 0.05) is 19.7 Å². The number of hydrogen-bond acceptors (Lipinski definition) is 4. The van der Waals surface area contributed by atoms with E-state index < -0.39 is 17.9 Å². The normalized spacial score (nSPS) is 11.7. The molecule has 134 valence electrons. The lowest BCUT2D eigenvalue weighted by Gasteiger charge is -2.16. The Hall–Kier alpha value is -2.90. The number of carbonyl (C=O) groups is 2. The van der Waals surface area contributed by atoms with Crippen LogP contribution >= 0.6 is 0 Å². The van der Waals surface area contributed by atoms with E-state index in [1.54, 1.807) is 29.9 Å². The number of anilines is 1. The average molecular weight is 348 g/mol. The SMILES string of the molecule is COC(=O)C(CNC(=O)Nc1cc(C)nn1C)Cc1ccc(F)cc1. The number of nitrogens with zero attached hydrogens (tertiary/aromatic N) is 2. The fourth-order valence-electron chi connectivity index (χ4n) is 2.41. The number of ether oxygens (including phenoxy) is 1. The van der Waals surface area contributed by atoms with Crippen molar-refractivity contribution in [2.45, 2.75) is 13.3 Å². The largest absolute Gasteiger partial charge is 0.469 e. The van der Waals surface area contributed by atoms with E-state index in [1.807, 2.05) is 6.92 Å². The Morgan fingerprint density at radius 1 is 1.32 bits per heavy atom. The topological polar surface area (TPSA) is 85.2 Å². The minimum absolute atomic E-state index is 0.0900. The van der Waals surface area contributed by atoms with Gasteiger partial charge in [-0.25, -0.2) is 9.18 Å². The smallest absolute Gasteiger partial charge is 0.320 e. The Morgan fingerprint density at radius 2 is 2.00 bits per heavy atom. The van der Waals surface area contributed by atoms with Crippen LogP contribution in [-0.2, 0) is 23.0 Å². The van der Waals surface area contributed by atoms with E-state index in [0.717, 1.165) is 11.3 Å². The van der Waals surface area contributed by atoms with Crippen molar-refractivity contribution in [1.82, 2.24) is 15.1 Å².